The van der Waals surface area contributed by atoms with Gasteiger partial charge in [0.05, 0.1) is 12.2 Å². The van der Waals surface area contributed by atoms with Gasteiger partial charge >= 0.3 is 0 Å². The Balaban J connectivity index is 1.76. The number of rotatable bonds is 3. The minimum atomic E-state index is -1.14. The van der Waals surface area contributed by atoms with Gasteiger partial charge in [0.1, 0.15) is 11.2 Å². The van der Waals surface area contributed by atoms with Crippen molar-refractivity contribution in [2.24, 2.45) is 0 Å². The van der Waals surface area contributed by atoms with E-state index in [1.807, 2.05) is 32.0 Å². The summed E-state index contributed by atoms with van der Waals surface area (Å²) in [4.78, 5) is 29.6. The van der Waals surface area contributed by atoms with Crippen molar-refractivity contribution in [1.29, 1.82) is 0 Å². The van der Waals surface area contributed by atoms with E-state index in [1.165, 1.54) is 19.3 Å². The van der Waals surface area contributed by atoms with Crippen LogP contribution in [-0.2, 0) is 16.8 Å². The van der Waals surface area contributed by atoms with E-state index in [1.54, 1.807) is 15.6 Å². The lowest BCUT2D eigenvalue weighted by atomic mass is 9.90. The molecule has 6 nitrogen and oxygen atoms in total. The first kappa shape index (κ1) is 24.8. The third-order valence-electron chi connectivity index (χ3n) is 7.26. The molecule has 0 unspecified atom stereocenters. The highest BCUT2D eigenvalue weighted by Gasteiger charge is 2.50. The molecule has 2 aromatic rings. The van der Waals surface area contributed by atoms with Crippen LogP contribution < -0.4 is 10.2 Å². The molecule has 34 heavy (non-hydrogen) atoms. The number of nitrogens with one attached hydrogen (secondary N) is 1. The van der Waals surface area contributed by atoms with Gasteiger partial charge in [-0.3, -0.25) is 19.2 Å². The van der Waals surface area contributed by atoms with Gasteiger partial charge in [-0.2, -0.15) is 5.10 Å². The fourth-order valence-corrected chi connectivity index (χ4v) is 5.26. The van der Waals surface area contributed by atoms with Gasteiger partial charge in [-0.05, 0) is 50.5 Å². The van der Waals surface area contributed by atoms with Gasteiger partial charge in [0.2, 0.25) is 5.91 Å². The second kappa shape index (κ2) is 9.37. The summed E-state index contributed by atoms with van der Waals surface area (Å²) in [5.74, 6) is -0.362. The van der Waals surface area contributed by atoms with Crippen molar-refractivity contribution in [3.63, 3.8) is 0 Å². The van der Waals surface area contributed by atoms with Gasteiger partial charge in [0.25, 0.3) is 5.91 Å². The average molecular weight is 485 g/mol. The summed E-state index contributed by atoms with van der Waals surface area (Å²) in [6.07, 6.45) is 7.89. The molecule has 7 heteroatoms. The largest absolute Gasteiger partial charge is 0.351 e. The molecule has 1 aromatic carbocycles. The zero-order valence-electron chi connectivity index (χ0n) is 21.1. The number of halogens is 1. The Labute approximate surface area is 208 Å². The third kappa shape index (κ3) is 4.74. The van der Waals surface area contributed by atoms with Crippen molar-refractivity contribution in [3.8, 4) is 0 Å². The lowest BCUT2D eigenvalue weighted by Crippen LogP contribution is -2.65. The van der Waals surface area contributed by atoms with Crippen molar-refractivity contribution in [2.75, 3.05) is 4.90 Å². The Morgan fingerprint density at radius 2 is 1.76 bits per heavy atom. The summed E-state index contributed by atoms with van der Waals surface area (Å²) < 4.78 is 1.72. The Morgan fingerprint density at radius 1 is 1.12 bits per heavy atom. The van der Waals surface area contributed by atoms with E-state index in [9.17, 15) is 9.59 Å². The van der Waals surface area contributed by atoms with Crippen LogP contribution in [0.4, 0.5) is 5.69 Å². The highest BCUT2D eigenvalue weighted by molar-refractivity contribution is 6.31. The molecule has 0 spiro atoms. The van der Waals surface area contributed by atoms with Gasteiger partial charge in [0, 0.05) is 22.2 Å². The van der Waals surface area contributed by atoms with Crippen LogP contribution in [-0.4, -0.2) is 33.2 Å². The zero-order chi connectivity index (χ0) is 24.7. The average Bonchev–Trinajstić information content (AvgIpc) is 3.17. The van der Waals surface area contributed by atoms with E-state index >= 15 is 0 Å². The fraction of sp³-hybridized carbons (Fsp3) is 0.593. The number of fused-ring (bicyclic) bond motifs is 1. The minimum absolute atomic E-state index is 0.131. The number of hydrogen-bond donors (Lipinski definition) is 1. The molecule has 1 aliphatic carbocycles. The number of nitrogens with zero attached hydrogens (tertiary/aromatic N) is 3. The number of aromatic nitrogens is 2. The van der Waals surface area contributed by atoms with Crippen LogP contribution in [0.3, 0.4) is 0 Å². The SMILES string of the molecule is Cc1ccc(Cl)cc1N1C(=O)c2cc(C(C)(C)C)nn2C[C@@]1(C)C(=O)NC1CCCCCCC1. The highest BCUT2D eigenvalue weighted by Crippen LogP contribution is 2.37. The molecule has 184 valence electrons. The van der Waals surface area contributed by atoms with Gasteiger partial charge in [0.15, 0.2) is 0 Å². The Kier molecular flexibility index (Phi) is 6.83. The summed E-state index contributed by atoms with van der Waals surface area (Å²) in [5.41, 5.74) is 1.55. The number of anilines is 1. The van der Waals surface area contributed by atoms with Crippen molar-refractivity contribution in [2.45, 2.75) is 103 Å². The minimum Gasteiger partial charge on any atom is -0.351 e. The number of hydrogen-bond acceptors (Lipinski definition) is 3. The van der Waals surface area contributed by atoms with Crippen LogP contribution in [0.2, 0.25) is 5.02 Å². The first-order valence-electron chi connectivity index (χ1n) is 12.5. The normalized spacial score (nSPS) is 22.2. The maximum Gasteiger partial charge on any atom is 0.277 e. The Hall–Kier alpha value is -2.34. The second-order valence-electron chi connectivity index (χ2n) is 11.2. The number of amides is 2. The molecule has 2 heterocycles. The molecular weight excluding hydrogens is 448 g/mol. The molecule has 2 amide bonds. The Bertz CT molecular complexity index is 1080. The molecule has 2 aliphatic rings. The van der Waals surface area contributed by atoms with Crippen LogP contribution in [0.1, 0.15) is 94.4 Å². The van der Waals surface area contributed by atoms with E-state index in [-0.39, 0.29) is 29.8 Å². The molecule has 1 saturated carbocycles. The predicted molar refractivity (Wildman–Crippen MR) is 137 cm³/mol. The van der Waals surface area contributed by atoms with Crippen molar-refractivity contribution < 1.29 is 9.59 Å². The summed E-state index contributed by atoms with van der Waals surface area (Å²) in [5, 5.41) is 8.60. The standard InChI is InChI=1S/C27H37ClN4O2/c1-18-13-14-19(28)15-21(18)32-24(33)22-16-23(26(2,3)4)30-31(22)17-27(32,5)25(34)29-20-11-9-7-6-8-10-12-20/h13-16,20H,6-12,17H2,1-5H3,(H,29,34)/t27-/m0/s1. The number of carbonyl (C=O) groups excluding carboxylic acids is 2. The molecule has 1 atom stereocenters. The molecule has 4 rings (SSSR count). The first-order chi connectivity index (χ1) is 16.0. The lowest BCUT2D eigenvalue weighted by molar-refractivity contribution is -0.127. The highest BCUT2D eigenvalue weighted by atomic mass is 35.5. The molecular formula is C27H37ClN4O2. The van der Waals surface area contributed by atoms with Crippen molar-refractivity contribution in [3.05, 3.63) is 46.2 Å². The fourth-order valence-electron chi connectivity index (χ4n) is 5.09. The number of aryl methyl sites for hydroxylation is 1. The van der Waals surface area contributed by atoms with Crippen LogP contribution in [0.5, 0.6) is 0 Å². The van der Waals surface area contributed by atoms with Crippen LogP contribution in [0.25, 0.3) is 0 Å². The summed E-state index contributed by atoms with van der Waals surface area (Å²) in [6, 6.07) is 7.48. The quantitative estimate of drug-likeness (QED) is 0.599. The summed E-state index contributed by atoms with van der Waals surface area (Å²) in [6.45, 7) is 10.3. The number of benzene rings is 1. The Morgan fingerprint density at radius 3 is 2.41 bits per heavy atom. The summed E-state index contributed by atoms with van der Waals surface area (Å²) >= 11 is 6.35. The van der Waals surface area contributed by atoms with E-state index in [0.717, 1.165) is 36.9 Å². The van der Waals surface area contributed by atoms with Crippen molar-refractivity contribution in [1.82, 2.24) is 15.1 Å². The molecule has 1 aliphatic heterocycles. The van der Waals surface area contributed by atoms with Gasteiger partial charge in [-0.25, -0.2) is 0 Å². The van der Waals surface area contributed by atoms with Crippen LogP contribution >= 0.6 is 11.6 Å². The maximum absolute atomic E-state index is 14.0. The van der Waals surface area contributed by atoms with Crippen LogP contribution in [0, 0.1) is 6.92 Å². The molecule has 0 radical (unpaired) electrons. The maximum atomic E-state index is 14.0. The topological polar surface area (TPSA) is 67.2 Å². The smallest absolute Gasteiger partial charge is 0.277 e. The molecule has 1 fully saturated rings. The zero-order valence-corrected chi connectivity index (χ0v) is 21.8. The van der Waals surface area contributed by atoms with E-state index in [0.29, 0.717) is 16.4 Å². The first-order valence-corrected chi connectivity index (χ1v) is 12.9. The summed E-state index contributed by atoms with van der Waals surface area (Å²) in [7, 11) is 0. The molecule has 1 aromatic heterocycles. The van der Waals surface area contributed by atoms with Gasteiger partial charge in [-0.1, -0.05) is 70.5 Å². The van der Waals surface area contributed by atoms with Gasteiger partial charge < -0.3 is 5.32 Å². The van der Waals surface area contributed by atoms with E-state index in [4.69, 9.17) is 16.7 Å². The number of carbonyl (C=O) groups is 2. The molecule has 0 bridgehead atoms. The van der Waals surface area contributed by atoms with Crippen molar-refractivity contribution >= 4 is 29.1 Å². The molecule has 1 N–H and O–H groups in total. The van der Waals surface area contributed by atoms with Gasteiger partial charge in [-0.15, -0.1) is 0 Å². The monoisotopic (exact) mass is 484 g/mol. The van der Waals surface area contributed by atoms with E-state index in [2.05, 4.69) is 26.1 Å². The lowest BCUT2D eigenvalue weighted by Gasteiger charge is -2.44. The third-order valence-corrected chi connectivity index (χ3v) is 7.50. The van der Waals surface area contributed by atoms with E-state index < -0.39 is 5.54 Å². The van der Waals surface area contributed by atoms with Crippen LogP contribution in [0.15, 0.2) is 24.3 Å². The predicted octanol–water partition coefficient (Wildman–Crippen LogP) is 5.79. The second-order valence-corrected chi connectivity index (χ2v) is 11.6. The molecule has 0 saturated heterocycles.